The van der Waals surface area contributed by atoms with E-state index in [0.29, 0.717) is 0 Å². The predicted octanol–water partition coefficient (Wildman–Crippen LogP) is 1.99. The molecule has 0 bridgehead atoms. The number of aromatic hydroxyl groups is 1. The van der Waals surface area contributed by atoms with E-state index >= 15 is 0 Å². The zero-order valence-corrected chi connectivity index (χ0v) is 9.76. The van der Waals surface area contributed by atoms with Crippen molar-refractivity contribution in [2.75, 3.05) is 0 Å². The monoisotopic (exact) mass is 246 g/mol. The summed E-state index contributed by atoms with van der Waals surface area (Å²) >= 11 is 0. The van der Waals surface area contributed by atoms with E-state index in [-0.39, 0.29) is 11.6 Å². The fourth-order valence-electron chi connectivity index (χ4n) is 1.74. The summed E-state index contributed by atoms with van der Waals surface area (Å²) in [7, 11) is 0. The summed E-state index contributed by atoms with van der Waals surface area (Å²) in [6.45, 7) is 0. The minimum Gasteiger partial charge on any atom is -0.508 e. The van der Waals surface area contributed by atoms with Gasteiger partial charge in [0.15, 0.2) is 0 Å². The van der Waals surface area contributed by atoms with Gasteiger partial charge in [-0.1, -0.05) is 12.1 Å². The molecule has 3 N–H and O–H groups in total. The van der Waals surface area contributed by atoms with Crippen molar-refractivity contribution in [1.29, 1.82) is 0 Å². The summed E-state index contributed by atoms with van der Waals surface area (Å²) in [6.07, 6.45) is 4.08. The van der Waals surface area contributed by atoms with Crippen molar-refractivity contribution in [2.45, 2.75) is 19.3 Å². The number of benzene rings is 1. The standard InChI is InChI=1S/C13H14N2O3/c16-11-6-4-9(5-7-11)2-1-3-10-8-14-12(15-10)13(17)18/h4-8,16H,1-3H2,(H,14,15)(H,17,18). The van der Waals surface area contributed by atoms with Crippen molar-refractivity contribution in [3.63, 3.8) is 0 Å². The third-order valence-electron chi connectivity index (χ3n) is 2.68. The first-order valence-electron chi connectivity index (χ1n) is 5.70. The summed E-state index contributed by atoms with van der Waals surface area (Å²) < 4.78 is 0. The maximum atomic E-state index is 10.6. The number of aryl methyl sites for hydroxylation is 2. The second-order valence-electron chi connectivity index (χ2n) is 4.08. The molecule has 0 fully saturated rings. The number of nitrogens with one attached hydrogen (secondary N) is 1. The lowest BCUT2D eigenvalue weighted by Crippen LogP contribution is -1.99. The molecule has 0 radical (unpaired) electrons. The first kappa shape index (κ1) is 12.2. The zero-order chi connectivity index (χ0) is 13.0. The Morgan fingerprint density at radius 3 is 2.56 bits per heavy atom. The number of aromatic nitrogens is 2. The van der Waals surface area contributed by atoms with Gasteiger partial charge in [-0.15, -0.1) is 0 Å². The van der Waals surface area contributed by atoms with Gasteiger partial charge in [-0.3, -0.25) is 0 Å². The SMILES string of the molecule is O=C(O)c1ncc(CCCc2ccc(O)cc2)[nH]1. The number of H-pyrrole nitrogens is 1. The molecule has 0 amide bonds. The zero-order valence-electron chi connectivity index (χ0n) is 9.76. The van der Waals surface area contributed by atoms with Gasteiger partial charge in [0.05, 0.1) is 0 Å². The van der Waals surface area contributed by atoms with E-state index < -0.39 is 5.97 Å². The molecular formula is C13H14N2O3. The van der Waals surface area contributed by atoms with Gasteiger partial charge >= 0.3 is 5.97 Å². The molecule has 5 nitrogen and oxygen atoms in total. The molecule has 94 valence electrons. The summed E-state index contributed by atoms with van der Waals surface area (Å²) in [5.74, 6) is -0.798. The molecule has 18 heavy (non-hydrogen) atoms. The Hall–Kier alpha value is -2.30. The second kappa shape index (κ2) is 5.35. The van der Waals surface area contributed by atoms with Crippen molar-refractivity contribution in [3.8, 4) is 5.75 Å². The van der Waals surface area contributed by atoms with E-state index in [9.17, 15) is 4.79 Å². The maximum Gasteiger partial charge on any atom is 0.371 e. The normalized spacial score (nSPS) is 10.4. The highest BCUT2D eigenvalue weighted by atomic mass is 16.4. The first-order valence-corrected chi connectivity index (χ1v) is 5.70. The van der Waals surface area contributed by atoms with Crippen LogP contribution in [0.1, 0.15) is 28.3 Å². The number of phenolic OH excluding ortho intramolecular Hbond substituents is 1. The van der Waals surface area contributed by atoms with Crippen LogP contribution in [0.4, 0.5) is 0 Å². The van der Waals surface area contributed by atoms with Crippen molar-refractivity contribution >= 4 is 5.97 Å². The molecule has 0 saturated heterocycles. The topological polar surface area (TPSA) is 86.2 Å². The van der Waals surface area contributed by atoms with Gasteiger partial charge in [0.25, 0.3) is 0 Å². The van der Waals surface area contributed by atoms with Gasteiger partial charge in [0.2, 0.25) is 5.82 Å². The van der Waals surface area contributed by atoms with Crippen LogP contribution in [0.5, 0.6) is 5.75 Å². The molecule has 0 unspecified atom stereocenters. The van der Waals surface area contributed by atoms with Crippen LogP contribution in [-0.4, -0.2) is 26.2 Å². The van der Waals surface area contributed by atoms with Crippen LogP contribution in [0.2, 0.25) is 0 Å². The molecular weight excluding hydrogens is 232 g/mol. The number of aromatic carboxylic acids is 1. The smallest absolute Gasteiger partial charge is 0.371 e. The number of nitrogens with zero attached hydrogens (tertiary/aromatic N) is 1. The summed E-state index contributed by atoms with van der Waals surface area (Å²) in [5.41, 5.74) is 1.97. The molecule has 0 aliphatic heterocycles. The fraction of sp³-hybridized carbons (Fsp3) is 0.231. The molecule has 0 atom stereocenters. The van der Waals surface area contributed by atoms with Crippen molar-refractivity contribution in [3.05, 3.63) is 47.5 Å². The highest BCUT2D eigenvalue weighted by Gasteiger charge is 2.07. The van der Waals surface area contributed by atoms with E-state index in [2.05, 4.69) is 9.97 Å². The van der Waals surface area contributed by atoms with Gasteiger partial charge in [-0.05, 0) is 37.0 Å². The van der Waals surface area contributed by atoms with Crippen LogP contribution in [0.3, 0.4) is 0 Å². The number of hydrogen-bond acceptors (Lipinski definition) is 3. The number of carboxylic acids is 1. The van der Waals surface area contributed by atoms with Gasteiger partial charge in [-0.2, -0.15) is 0 Å². The maximum absolute atomic E-state index is 10.6. The Kier molecular flexibility index (Phi) is 3.62. The highest BCUT2D eigenvalue weighted by molar-refractivity contribution is 5.83. The van der Waals surface area contributed by atoms with Crippen LogP contribution in [0.15, 0.2) is 30.5 Å². The molecule has 0 aliphatic carbocycles. The molecule has 1 aromatic heterocycles. The summed E-state index contributed by atoms with van der Waals surface area (Å²) in [5, 5.41) is 17.9. The molecule has 2 aromatic rings. The highest BCUT2D eigenvalue weighted by Crippen LogP contribution is 2.12. The number of phenols is 1. The number of hydrogen-bond donors (Lipinski definition) is 3. The van der Waals surface area contributed by atoms with Gasteiger partial charge < -0.3 is 15.2 Å². The van der Waals surface area contributed by atoms with E-state index in [0.717, 1.165) is 30.5 Å². The van der Waals surface area contributed by atoms with Gasteiger partial charge in [-0.25, -0.2) is 9.78 Å². The van der Waals surface area contributed by atoms with Crippen LogP contribution in [-0.2, 0) is 12.8 Å². The van der Waals surface area contributed by atoms with E-state index in [1.807, 2.05) is 12.1 Å². The summed E-state index contributed by atoms with van der Waals surface area (Å²) in [6, 6.07) is 7.08. The van der Waals surface area contributed by atoms with Crippen LogP contribution in [0, 0.1) is 0 Å². The van der Waals surface area contributed by atoms with Crippen molar-refractivity contribution < 1.29 is 15.0 Å². The van der Waals surface area contributed by atoms with Crippen molar-refractivity contribution in [1.82, 2.24) is 9.97 Å². The number of aromatic amines is 1. The fourth-order valence-corrected chi connectivity index (χ4v) is 1.74. The van der Waals surface area contributed by atoms with Gasteiger partial charge in [0.1, 0.15) is 5.75 Å². The number of rotatable bonds is 5. The molecule has 0 aliphatic rings. The molecule has 0 spiro atoms. The Morgan fingerprint density at radius 2 is 1.94 bits per heavy atom. The van der Waals surface area contributed by atoms with Gasteiger partial charge in [0, 0.05) is 11.9 Å². The molecule has 1 heterocycles. The second-order valence-corrected chi connectivity index (χ2v) is 4.08. The Bertz CT molecular complexity index is 531. The molecule has 5 heteroatoms. The number of carboxylic acid groups (broad SMARTS) is 1. The lowest BCUT2D eigenvalue weighted by Gasteiger charge is -2.00. The lowest BCUT2D eigenvalue weighted by molar-refractivity contribution is 0.0684. The van der Waals surface area contributed by atoms with E-state index in [4.69, 9.17) is 10.2 Å². The average molecular weight is 246 g/mol. The third kappa shape index (κ3) is 3.10. The lowest BCUT2D eigenvalue weighted by atomic mass is 10.1. The number of imidazole rings is 1. The molecule has 0 saturated carbocycles. The third-order valence-corrected chi connectivity index (χ3v) is 2.68. The van der Waals surface area contributed by atoms with E-state index in [1.54, 1.807) is 18.3 Å². The van der Waals surface area contributed by atoms with Crippen LogP contribution in [0.25, 0.3) is 0 Å². The van der Waals surface area contributed by atoms with Crippen molar-refractivity contribution in [2.24, 2.45) is 0 Å². The Balaban J connectivity index is 1.84. The van der Waals surface area contributed by atoms with Crippen LogP contribution < -0.4 is 0 Å². The molecule has 1 aromatic carbocycles. The largest absolute Gasteiger partial charge is 0.508 e. The Labute approximate surface area is 104 Å². The quantitative estimate of drug-likeness (QED) is 0.753. The first-order chi connectivity index (χ1) is 8.65. The van der Waals surface area contributed by atoms with E-state index in [1.165, 1.54) is 0 Å². The minimum absolute atomic E-state index is 0.0189. The summed E-state index contributed by atoms with van der Waals surface area (Å²) in [4.78, 5) is 17.1. The minimum atomic E-state index is -1.04. The number of carbonyl (C=O) groups is 1. The average Bonchev–Trinajstić information content (AvgIpc) is 2.81. The molecule has 2 rings (SSSR count). The Morgan fingerprint density at radius 1 is 1.22 bits per heavy atom. The van der Waals surface area contributed by atoms with Crippen LogP contribution >= 0.6 is 0 Å². The predicted molar refractivity (Wildman–Crippen MR) is 65.7 cm³/mol.